The average molecular weight is 335 g/mol. The van der Waals surface area contributed by atoms with Gasteiger partial charge in [0.05, 0.1) is 6.61 Å². The van der Waals surface area contributed by atoms with E-state index in [0.29, 0.717) is 11.3 Å². The van der Waals surface area contributed by atoms with E-state index in [2.05, 4.69) is 5.10 Å². The zero-order valence-corrected chi connectivity index (χ0v) is 12.2. The van der Waals surface area contributed by atoms with Crippen LogP contribution in [0.2, 0.25) is 0 Å². The molecule has 0 radical (unpaired) electrons. The van der Waals surface area contributed by atoms with Crippen LogP contribution in [0.25, 0.3) is 0 Å². The maximum absolute atomic E-state index is 12.3. The molecule has 1 aromatic rings. The number of alkyl halides is 3. The van der Waals surface area contributed by atoms with Crippen molar-refractivity contribution in [2.24, 2.45) is 0 Å². The number of unbranched alkanes of at least 4 members (excludes halogenated alkanes) is 1. The SMILES string of the molecule is CCCCOCc1nn(CC(F)(F)F)cc1S(=O)(=O)Cl. The van der Waals surface area contributed by atoms with Gasteiger partial charge in [-0.3, -0.25) is 4.68 Å². The number of hydrogen-bond donors (Lipinski definition) is 0. The fourth-order valence-corrected chi connectivity index (χ4v) is 2.44. The van der Waals surface area contributed by atoms with Gasteiger partial charge in [-0.25, -0.2) is 8.42 Å². The van der Waals surface area contributed by atoms with Crippen LogP contribution >= 0.6 is 10.7 Å². The van der Waals surface area contributed by atoms with E-state index in [0.717, 1.165) is 19.0 Å². The Kier molecular flexibility index (Phi) is 5.84. The van der Waals surface area contributed by atoms with Crippen molar-refractivity contribution < 1.29 is 26.3 Å². The summed E-state index contributed by atoms with van der Waals surface area (Å²) >= 11 is 0. The highest BCUT2D eigenvalue weighted by molar-refractivity contribution is 8.13. The Balaban J connectivity index is 2.90. The van der Waals surface area contributed by atoms with Gasteiger partial charge in [0, 0.05) is 23.5 Å². The second-order valence-electron chi connectivity index (χ2n) is 4.10. The average Bonchev–Trinajstić information content (AvgIpc) is 2.64. The van der Waals surface area contributed by atoms with Crippen LogP contribution < -0.4 is 0 Å². The van der Waals surface area contributed by atoms with E-state index in [4.69, 9.17) is 15.4 Å². The van der Waals surface area contributed by atoms with E-state index in [9.17, 15) is 21.6 Å². The van der Waals surface area contributed by atoms with Crippen LogP contribution in [0.15, 0.2) is 11.1 Å². The molecule has 0 amide bonds. The minimum Gasteiger partial charge on any atom is -0.375 e. The molecule has 0 unspecified atom stereocenters. The smallest absolute Gasteiger partial charge is 0.375 e. The van der Waals surface area contributed by atoms with Crippen molar-refractivity contribution in [2.45, 2.75) is 44.0 Å². The lowest BCUT2D eigenvalue weighted by molar-refractivity contribution is -0.142. The standard InChI is InChI=1S/C10H14ClF3N2O3S/c1-2-3-4-19-6-8-9(20(11,17)18)5-16(15-8)7-10(12,13)14/h5H,2-4,6-7H2,1H3. The topological polar surface area (TPSA) is 61.2 Å². The summed E-state index contributed by atoms with van der Waals surface area (Å²) < 4.78 is 65.0. The summed E-state index contributed by atoms with van der Waals surface area (Å²) in [7, 11) is 1.00. The van der Waals surface area contributed by atoms with E-state index < -0.39 is 26.7 Å². The zero-order valence-electron chi connectivity index (χ0n) is 10.7. The number of ether oxygens (including phenoxy) is 1. The monoisotopic (exact) mass is 334 g/mol. The molecular formula is C10H14ClF3N2O3S. The second kappa shape index (κ2) is 6.77. The molecule has 5 nitrogen and oxygen atoms in total. The number of aromatic nitrogens is 2. The lowest BCUT2D eigenvalue weighted by atomic mass is 10.4. The fourth-order valence-electron chi connectivity index (χ4n) is 1.43. The van der Waals surface area contributed by atoms with Crippen LogP contribution in [-0.4, -0.2) is 31.0 Å². The molecule has 116 valence electrons. The van der Waals surface area contributed by atoms with E-state index >= 15 is 0 Å². The molecular weight excluding hydrogens is 321 g/mol. The highest BCUT2D eigenvalue weighted by Crippen LogP contribution is 2.23. The Morgan fingerprint density at radius 2 is 2.10 bits per heavy atom. The summed E-state index contributed by atoms with van der Waals surface area (Å²) in [6.45, 7) is 0.716. The minimum absolute atomic E-state index is 0.125. The molecule has 0 spiro atoms. The summed E-state index contributed by atoms with van der Waals surface area (Å²) in [4.78, 5) is -0.458. The maximum Gasteiger partial charge on any atom is 0.408 e. The van der Waals surface area contributed by atoms with Crippen LogP contribution in [0.1, 0.15) is 25.5 Å². The molecule has 10 heteroatoms. The van der Waals surface area contributed by atoms with E-state index in [1.165, 1.54) is 0 Å². The summed E-state index contributed by atoms with van der Waals surface area (Å²) in [5.41, 5.74) is -0.125. The molecule has 0 saturated heterocycles. The Hall–Kier alpha value is -0.800. The van der Waals surface area contributed by atoms with Gasteiger partial charge >= 0.3 is 6.18 Å². The molecule has 0 N–H and O–H groups in total. The summed E-state index contributed by atoms with van der Waals surface area (Å²) in [6, 6.07) is 0. The van der Waals surface area contributed by atoms with Gasteiger partial charge in [-0.05, 0) is 6.42 Å². The Bertz CT molecular complexity index is 542. The van der Waals surface area contributed by atoms with Crippen molar-refractivity contribution in [3.63, 3.8) is 0 Å². The molecule has 0 saturated carbocycles. The normalized spacial score (nSPS) is 12.8. The lowest BCUT2D eigenvalue weighted by Crippen LogP contribution is -2.18. The number of halogens is 4. The second-order valence-corrected chi connectivity index (χ2v) is 6.63. The molecule has 0 fully saturated rings. The van der Waals surface area contributed by atoms with Crippen molar-refractivity contribution >= 4 is 19.7 Å². The molecule has 0 aliphatic rings. The van der Waals surface area contributed by atoms with Gasteiger partial charge in [0.2, 0.25) is 0 Å². The first kappa shape index (κ1) is 17.3. The van der Waals surface area contributed by atoms with Gasteiger partial charge in [0.25, 0.3) is 9.05 Å². The summed E-state index contributed by atoms with van der Waals surface area (Å²) in [5, 5.41) is 3.57. The molecule has 1 rings (SSSR count). The molecule has 0 aromatic carbocycles. The highest BCUT2D eigenvalue weighted by Gasteiger charge is 2.30. The molecule has 1 aromatic heterocycles. The van der Waals surface area contributed by atoms with Crippen LogP contribution in [0.3, 0.4) is 0 Å². The quantitative estimate of drug-likeness (QED) is 0.568. The number of rotatable bonds is 7. The van der Waals surface area contributed by atoms with Crippen molar-refractivity contribution in [2.75, 3.05) is 6.61 Å². The summed E-state index contributed by atoms with van der Waals surface area (Å²) in [5.74, 6) is 0. The molecule has 0 bridgehead atoms. The minimum atomic E-state index is -4.50. The Labute approximate surface area is 119 Å². The maximum atomic E-state index is 12.3. The van der Waals surface area contributed by atoms with E-state index in [1.54, 1.807) is 0 Å². The van der Waals surface area contributed by atoms with E-state index in [-0.39, 0.29) is 12.3 Å². The predicted octanol–water partition coefficient (Wildman–Crippen LogP) is 2.69. The number of hydrogen-bond acceptors (Lipinski definition) is 4. The van der Waals surface area contributed by atoms with Crippen molar-refractivity contribution in [1.82, 2.24) is 9.78 Å². The molecule has 20 heavy (non-hydrogen) atoms. The lowest BCUT2D eigenvalue weighted by Gasteiger charge is -2.05. The highest BCUT2D eigenvalue weighted by atomic mass is 35.7. The van der Waals surface area contributed by atoms with Gasteiger partial charge in [-0.15, -0.1) is 0 Å². The van der Waals surface area contributed by atoms with Crippen molar-refractivity contribution in [1.29, 1.82) is 0 Å². The van der Waals surface area contributed by atoms with Gasteiger partial charge < -0.3 is 4.74 Å². The van der Waals surface area contributed by atoms with Crippen LogP contribution in [0.5, 0.6) is 0 Å². The Morgan fingerprint density at radius 1 is 1.45 bits per heavy atom. The molecule has 1 heterocycles. The third-order valence-corrected chi connectivity index (χ3v) is 3.65. The fraction of sp³-hybridized carbons (Fsp3) is 0.700. The predicted molar refractivity (Wildman–Crippen MR) is 65.9 cm³/mol. The van der Waals surface area contributed by atoms with Gasteiger partial charge in [-0.2, -0.15) is 18.3 Å². The van der Waals surface area contributed by atoms with Gasteiger partial charge in [-0.1, -0.05) is 13.3 Å². The van der Waals surface area contributed by atoms with E-state index in [1.807, 2.05) is 6.92 Å². The molecule has 0 aliphatic carbocycles. The zero-order chi connectivity index (χ0) is 15.4. The number of nitrogens with zero attached hydrogens (tertiary/aromatic N) is 2. The van der Waals surface area contributed by atoms with Gasteiger partial charge in [0.15, 0.2) is 0 Å². The Morgan fingerprint density at radius 3 is 2.60 bits per heavy atom. The molecule has 0 atom stereocenters. The first-order valence-corrected chi connectivity index (χ1v) is 8.10. The van der Waals surface area contributed by atoms with Crippen LogP contribution in [0, 0.1) is 0 Å². The first-order valence-electron chi connectivity index (χ1n) is 5.79. The van der Waals surface area contributed by atoms with Crippen LogP contribution in [0.4, 0.5) is 13.2 Å². The van der Waals surface area contributed by atoms with Crippen molar-refractivity contribution in [3.8, 4) is 0 Å². The van der Waals surface area contributed by atoms with Crippen molar-refractivity contribution in [3.05, 3.63) is 11.9 Å². The summed E-state index contributed by atoms with van der Waals surface area (Å²) in [6.07, 6.45) is -2.11. The molecule has 0 aliphatic heterocycles. The van der Waals surface area contributed by atoms with Crippen LogP contribution in [-0.2, 0) is 26.9 Å². The third-order valence-electron chi connectivity index (χ3n) is 2.28. The third kappa shape index (κ3) is 5.68. The largest absolute Gasteiger partial charge is 0.408 e. The van der Waals surface area contributed by atoms with Gasteiger partial charge in [0.1, 0.15) is 17.1 Å². The first-order chi connectivity index (χ1) is 9.13.